The molecule has 0 bridgehead atoms. The standard InChI is InChI=1S/C11H16O2/c1-9-4-5-11(10(2)8-9)6-7-13-12-3/h4-5,8H,6-7H2,1-3H3. The first-order chi connectivity index (χ1) is 6.24. The van der Waals surface area contributed by atoms with Crippen molar-refractivity contribution >= 4 is 0 Å². The van der Waals surface area contributed by atoms with Crippen LogP contribution in [0.5, 0.6) is 0 Å². The minimum atomic E-state index is 0.612. The monoisotopic (exact) mass is 180 g/mol. The summed E-state index contributed by atoms with van der Waals surface area (Å²) in [5.41, 5.74) is 3.94. The van der Waals surface area contributed by atoms with E-state index >= 15 is 0 Å². The number of rotatable bonds is 4. The van der Waals surface area contributed by atoms with E-state index in [4.69, 9.17) is 4.89 Å². The Labute approximate surface area is 79.4 Å². The molecule has 0 heterocycles. The van der Waals surface area contributed by atoms with E-state index in [9.17, 15) is 0 Å². The Bertz CT molecular complexity index is 269. The van der Waals surface area contributed by atoms with Crippen LogP contribution in [0.15, 0.2) is 18.2 Å². The van der Waals surface area contributed by atoms with Gasteiger partial charge in [0.25, 0.3) is 0 Å². The summed E-state index contributed by atoms with van der Waals surface area (Å²) in [6.07, 6.45) is 0.903. The fourth-order valence-corrected chi connectivity index (χ4v) is 1.36. The third kappa shape index (κ3) is 3.17. The van der Waals surface area contributed by atoms with E-state index in [1.165, 1.54) is 23.8 Å². The number of aryl methyl sites for hydroxylation is 2. The summed E-state index contributed by atoms with van der Waals surface area (Å²) in [7, 11) is 1.53. The lowest BCUT2D eigenvalue weighted by atomic mass is 10.0. The predicted molar refractivity (Wildman–Crippen MR) is 52.6 cm³/mol. The topological polar surface area (TPSA) is 18.5 Å². The van der Waals surface area contributed by atoms with Crippen LogP contribution in [-0.4, -0.2) is 13.7 Å². The van der Waals surface area contributed by atoms with E-state index < -0.39 is 0 Å². The fraction of sp³-hybridized carbons (Fsp3) is 0.455. The van der Waals surface area contributed by atoms with Crippen molar-refractivity contribution in [3.8, 4) is 0 Å². The molecule has 72 valence electrons. The second-order valence-corrected chi connectivity index (χ2v) is 3.17. The molecule has 0 aliphatic carbocycles. The van der Waals surface area contributed by atoms with Crippen molar-refractivity contribution in [2.24, 2.45) is 0 Å². The first kappa shape index (κ1) is 10.2. The van der Waals surface area contributed by atoms with Gasteiger partial charge in [-0.25, -0.2) is 9.78 Å². The lowest BCUT2D eigenvalue weighted by molar-refractivity contribution is -0.271. The number of hydrogen-bond donors (Lipinski definition) is 0. The Kier molecular flexibility index (Phi) is 3.93. The van der Waals surface area contributed by atoms with Gasteiger partial charge in [-0.05, 0) is 31.4 Å². The molecule has 0 saturated carbocycles. The zero-order valence-electron chi connectivity index (χ0n) is 8.46. The van der Waals surface area contributed by atoms with E-state index in [-0.39, 0.29) is 0 Å². The van der Waals surface area contributed by atoms with Crippen LogP contribution in [0.2, 0.25) is 0 Å². The second-order valence-electron chi connectivity index (χ2n) is 3.17. The van der Waals surface area contributed by atoms with Crippen LogP contribution in [0.4, 0.5) is 0 Å². The molecule has 0 atom stereocenters. The van der Waals surface area contributed by atoms with Crippen molar-refractivity contribution in [3.63, 3.8) is 0 Å². The van der Waals surface area contributed by atoms with Crippen LogP contribution >= 0.6 is 0 Å². The Balaban J connectivity index is 2.56. The third-order valence-electron chi connectivity index (χ3n) is 2.07. The van der Waals surface area contributed by atoms with E-state index in [1.807, 2.05) is 0 Å². The van der Waals surface area contributed by atoms with Gasteiger partial charge in [-0.1, -0.05) is 23.8 Å². The van der Waals surface area contributed by atoms with Gasteiger partial charge in [0.05, 0.1) is 13.7 Å². The maximum absolute atomic E-state index is 4.82. The van der Waals surface area contributed by atoms with Crippen molar-refractivity contribution in [3.05, 3.63) is 34.9 Å². The second kappa shape index (κ2) is 5.00. The van der Waals surface area contributed by atoms with E-state index in [0.29, 0.717) is 6.61 Å². The first-order valence-electron chi connectivity index (χ1n) is 4.46. The van der Waals surface area contributed by atoms with Gasteiger partial charge in [0, 0.05) is 0 Å². The van der Waals surface area contributed by atoms with Crippen LogP contribution < -0.4 is 0 Å². The van der Waals surface area contributed by atoms with E-state index in [2.05, 4.69) is 36.9 Å². The summed E-state index contributed by atoms with van der Waals surface area (Å²) in [5, 5.41) is 0. The summed E-state index contributed by atoms with van der Waals surface area (Å²) in [4.78, 5) is 9.35. The molecule has 2 nitrogen and oxygen atoms in total. The van der Waals surface area contributed by atoms with Gasteiger partial charge in [-0.3, -0.25) is 0 Å². The summed E-state index contributed by atoms with van der Waals surface area (Å²) in [5.74, 6) is 0. The summed E-state index contributed by atoms with van der Waals surface area (Å²) in [6.45, 7) is 4.83. The molecule has 13 heavy (non-hydrogen) atoms. The molecule has 1 aromatic rings. The highest BCUT2D eigenvalue weighted by Crippen LogP contribution is 2.10. The molecule has 0 radical (unpaired) electrons. The average molecular weight is 180 g/mol. The predicted octanol–water partition coefficient (Wildman–Crippen LogP) is 2.42. The van der Waals surface area contributed by atoms with Crippen LogP contribution in [0.3, 0.4) is 0 Å². The molecule has 0 N–H and O–H groups in total. The van der Waals surface area contributed by atoms with Crippen molar-refractivity contribution < 1.29 is 9.78 Å². The van der Waals surface area contributed by atoms with Crippen molar-refractivity contribution in [1.29, 1.82) is 0 Å². The zero-order chi connectivity index (χ0) is 9.68. The molecule has 0 fully saturated rings. The Morgan fingerprint density at radius 3 is 2.62 bits per heavy atom. The molecular weight excluding hydrogens is 164 g/mol. The van der Waals surface area contributed by atoms with Gasteiger partial charge >= 0.3 is 0 Å². The lowest BCUT2D eigenvalue weighted by Gasteiger charge is -2.05. The van der Waals surface area contributed by atoms with Crippen molar-refractivity contribution in [1.82, 2.24) is 0 Å². The molecule has 2 heteroatoms. The Hall–Kier alpha value is -0.860. The molecule has 1 aromatic carbocycles. The maximum atomic E-state index is 4.82. The third-order valence-corrected chi connectivity index (χ3v) is 2.07. The number of hydrogen-bond acceptors (Lipinski definition) is 2. The van der Waals surface area contributed by atoms with Crippen LogP contribution in [0.25, 0.3) is 0 Å². The molecule has 0 aromatic heterocycles. The Morgan fingerprint density at radius 1 is 1.23 bits per heavy atom. The van der Waals surface area contributed by atoms with E-state index in [0.717, 1.165) is 6.42 Å². The number of benzene rings is 1. The minimum absolute atomic E-state index is 0.612. The van der Waals surface area contributed by atoms with Gasteiger partial charge in [-0.15, -0.1) is 0 Å². The molecule has 0 saturated heterocycles. The molecule has 0 aliphatic rings. The van der Waals surface area contributed by atoms with Gasteiger partial charge in [0.1, 0.15) is 0 Å². The average Bonchev–Trinajstić information content (AvgIpc) is 2.09. The first-order valence-corrected chi connectivity index (χ1v) is 4.46. The van der Waals surface area contributed by atoms with Gasteiger partial charge < -0.3 is 0 Å². The summed E-state index contributed by atoms with van der Waals surface area (Å²) in [6, 6.07) is 6.45. The van der Waals surface area contributed by atoms with E-state index in [1.54, 1.807) is 0 Å². The smallest absolute Gasteiger partial charge is 0.0862 e. The molecule has 0 aliphatic heterocycles. The summed E-state index contributed by atoms with van der Waals surface area (Å²) >= 11 is 0. The van der Waals surface area contributed by atoms with Crippen LogP contribution in [0.1, 0.15) is 16.7 Å². The van der Waals surface area contributed by atoms with Gasteiger partial charge in [0.2, 0.25) is 0 Å². The van der Waals surface area contributed by atoms with Crippen molar-refractivity contribution in [2.75, 3.05) is 13.7 Å². The van der Waals surface area contributed by atoms with Crippen molar-refractivity contribution in [2.45, 2.75) is 20.3 Å². The normalized spacial score (nSPS) is 10.4. The molecular formula is C11H16O2. The molecule has 1 rings (SSSR count). The van der Waals surface area contributed by atoms with Crippen LogP contribution in [-0.2, 0) is 16.2 Å². The zero-order valence-corrected chi connectivity index (χ0v) is 8.46. The molecule has 0 amide bonds. The highest BCUT2D eigenvalue weighted by atomic mass is 17.2. The van der Waals surface area contributed by atoms with Gasteiger partial charge in [0.15, 0.2) is 0 Å². The largest absolute Gasteiger partial charge is 0.240 e. The molecule has 0 spiro atoms. The fourth-order valence-electron chi connectivity index (χ4n) is 1.36. The SMILES string of the molecule is COOCCc1ccc(C)cc1C. The Morgan fingerprint density at radius 2 is 2.00 bits per heavy atom. The maximum Gasteiger partial charge on any atom is 0.0862 e. The highest BCUT2D eigenvalue weighted by molar-refractivity contribution is 5.30. The highest BCUT2D eigenvalue weighted by Gasteiger charge is 1.98. The minimum Gasteiger partial charge on any atom is -0.240 e. The van der Waals surface area contributed by atoms with Gasteiger partial charge in [-0.2, -0.15) is 0 Å². The quantitative estimate of drug-likeness (QED) is 0.402. The summed E-state index contributed by atoms with van der Waals surface area (Å²) < 4.78 is 0. The van der Waals surface area contributed by atoms with Crippen LogP contribution in [0, 0.1) is 13.8 Å². The molecule has 0 unspecified atom stereocenters. The lowest BCUT2D eigenvalue weighted by Crippen LogP contribution is -1.99.